The van der Waals surface area contributed by atoms with E-state index in [-0.39, 0.29) is 17.8 Å². The van der Waals surface area contributed by atoms with Crippen LogP contribution >= 0.6 is 11.6 Å². The maximum atomic E-state index is 12.4. The molecule has 102 valence electrons. The molecule has 19 heavy (non-hydrogen) atoms. The van der Waals surface area contributed by atoms with Crippen molar-refractivity contribution in [1.82, 2.24) is 0 Å². The van der Waals surface area contributed by atoms with Gasteiger partial charge < -0.3 is 14.2 Å². The molecule has 3 rings (SSSR count). The zero-order valence-electron chi connectivity index (χ0n) is 10.6. The number of hydrogen-bond acceptors (Lipinski definition) is 4. The fourth-order valence-electron chi connectivity index (χ4n) is 2.47. The molecule has 1 aromatic carbocycles. The molecule has 0 radical (unpaired) electrons. The molecule has 5 heteroatoms. The number of ether oxygens (including phenoxy) is 3. The SMILES string of the molecule is CC1CC(C(=O)c2cc3c(cc2Cl)OCCO3)CO1. The molecular weight excluding hydrogens is 268 g/mol. The lowest BCUT2D eigenvalue weighted by molar-refractivity contribution is 0.0876. The van der Waals surface area contributed by atoms with Crippen LogP contribution in [0.4, 0.5) is 0 Å². The molecule has 0 N–H and O–H groups in total. The van der Waals surface area contributed by atoms with Gasteiger partial charge in [0.15, 0.2) is 17.3 Å². The zero-order chi connectivity index (χ0) is 13.4. The molecule has 0 aliphatic carbocycles. The van der Waals surface area contributed by atoms with E-state index in [0.29, 0.717) is 41.9 Å². The van der Waals surface area contributed by atoms with Gasteiger partial charge in [0, 0.05) is 17.5 Å². The molecule has 4 nitrogen and oxygen atoms in total. The Labute approximate surface area is 116 Å². The maximum Gasteiger partial charge on any atom is 0.169 e. The van der Waals surface area contributed by atoms with Crippen molar-refractivity contribution in [2.45, 2.75) is 19.4 Å². The molecule has 0 saturated carbocycles. The molecular formula is C14H15ClO4. The van der Waals surface area contributed by atoms with Gasteiger partial charge in [-0.25, -0.2) is 0 Å². The third-order valence-corrected chi connectivity index (χ3v) is 3.78. The Morgan fingerprint density at radius 2 is 1.95 bits per heavy atom. The van der Waals surface area contributed by atoms with Gasteiger partial charge >= 0.3 is 0 Å². The van der Waals surface area contributed by atoms with Gasteiger partial charge in [-0.15, -0.1) is 0 Å². The van der Waals surface area contributed by atoms with Crippen LogP contribution in [0.2, 0.25) is 5.02 Å². The largest absolute Gasteiger partial charge is 0.486 e. The maximum absolute atomic E-state index is 12.4. The lowest BCUT2D eigenvalue weighted by Gasteiger charge is -2.20. The lowest BCUT2D eigenvalue weighted by Crippen LogP contribution is -2.18. The van der Waals surface area contributed by atoms with Crippen LogP contribution in [-0.2, 0) is 4.74 Å². The standard InChI is InChI=1S/C14H15ClO4/c1-8-4-9(7-19-8)14(16)10-5-12-13(6-11(10)15)18-3-2-17-12/h5-6,8-9H,2-4,7H2,1H3. The van der Waals surface area contributed by atoms with E-state index in [9.17, 15) is 4.79 Å². The van der Waals surface area contributed by atoms with Gasteiger partial charge in [0.1, 0.15) is 13.2 Å². The lowest BCUT2D eigenvalue weighted by atomic mass is 9.95. The van der Waals surface area contributed by atoms with Crippen molar-refractivity contribution in [3.05, 3.63) is 22.7 Å². The Bertz CT molecular complexity index is 514. The summed E-state index contributed by atoms with van der Waals surface area (Å²) >= 11 is 6.17. The predicted molar refractivity (Wildman–Crippen MR) is 70.3 cm³/mol. The van der Waals surface area contributed by atoms with Crippen molar-refractivity contribution < 1.29 is 19.0 Å². The molecule has 2 atom stereocenters. The van der Waals surface area contributed by atoms with E-state index in [2.05, 4.69) is 0 Å². The fraction of sp³-hybridized carbons (Fsp3) is 0.500. The first-order chi connectivity index (χ1) is 9.15. The Kier molecular flexibility index (Phi) is 3.37. The van der Waals surface area contributed by atoms with Crippen molar-refractivity contribution in [3.8, 4) is 11.5 Å². The molecule has 2 unspecified atom stereocenters. The number of carbonyl (C=O) groups is 1. The number of Topliss-reactive ketones (excluding diaryl/α,β-unsaturated/α-hetero) is 1. The molecule has 2 aliphatic rings. The van der Waals surface area contributed by atoms with E-state index in [1.54, 1.807) is 12.1 Å². The minimum Gasteiger partial charge on any atom is -0.486 e. The summed E-state index contributed by atoms with van der Waals surface area (Å²) < 4.78 is 16.4. The molecule has 1 aromatic rings. The summed E-state index contributed by atoms with van der Waals surface area (Å²) in [6.45, 7) is 3.43. The monoisotopic (exact) mass is 282 g/mol. The Morgan fingerprint density at radius 1 is 1.26 bits per heavy atom. The van der Waals surface area contributed by atoms with Crippen LogP contribution in [0.3, 0.4) is 0 Å². The van der Waals surface area contributed by atoms with Crippen LogP contribution < -0.4 is 9.47 Å². The van der Waals surface area contributed by atoms with Crippen LogP contribution in [0.15, 0.2) is 12.1 Å². The van der Waals surface area contributed by atoms with Crippen molar-refractivity contribution in [2.24, 2.45) is 5.92 Å². The summed E-state index contributed by atoms with van der Waals surface area (Å²) in [4.78, 5) is 12.4. The average Bonchev–Trinajstić information content (AvgIpc) is 2.84. The zero-order valence-corrected chi connectivity index (χ0v) is 11.4. The third-order valence-electron chi connectivity index (χ3n) is 3.47. The summed E-state index contributed by atoms with van der Waals surface area (Å²) in [5.74, 6) is 1.09. The quantitative estimate of drug-likeness (QED) is 0.783. The molecule has 0 amide bonds. The highest BCUT2D eigenvalue weighted by Gasteiger charge is 2.31. The van der Waals surface area contributed by atoms with Crippen LogP contribution in [0.25, 0.3) is 0 Å². The Hall–Kier alpha value is -1.26. The number of rotatable bonds is 2. The van der Waals surface area contributed by atoms with E-state index in [4.69, 9.17) is 25.8 Å². The van der Waals surface area contributed by atoms with Gasteiger partial charge in [-0.1, -0.05) is 11.6 Å². The number of fused-ring (bicyclic) bond motifs is 1. The molecule has 1 fully saturated rings. The highest BCUT2D eigenvalue weighted by molar-refractivity contribution is 6.34. The average molecular weight is 283 g/mol. The minimum absolute atomic E-state index is 0.0197. The van der Waals surface area contributed by atoms with Gasteiger partial charge in [-0.2, -0.15) is 0 Å². The predicted octanol–water partition coefficient (Wildman–Crippen LogP) is 2.72. The summed E-state index contributed by atoms with van der Waals surface area (Å²) in [5.41, 5.74) is 0.494. The summed E-state index contributed by atoms with van der Waals surface area (Å²) in [6.07, 6.45) is 0.869. The van der Waals surface area contributed by atoms with E-state index in [1.807, 2.05) is 6.92 Å². The molecule has 0 spiro atoms. The number of hydrogen-bond donors (Lipinski definition) is 0. The normalized spacial score (nSPS) is 25.4. The topological polar surface area (TPSA) is 44.8 Å². The molecule has 0 bridgehead atoms. The molecule has 2 aliphatic heterocycles. The van der Waals surface area contributed by atoms with Crippen molar-refractivity contribution in [1.29, 1.82) is 0 Å². The van der Waals surface area contributed by atoms with E-state index in [1.165, 1.54) is 0 Å². The van der Waals surface area contributed by atoms with Gasteiger partial charge in [0.05, 0.1) is 17.7 Å². The summed E-state index contributed by atoms with van der Waals surface area (Å²) in [7, 11) is 0. The Balaban J connectivity index is 1.89. The molecule has 0 aromatic heterocycles. The number of ketones is 1. The number of benzene rings is 1. The van der Waals surface area contributed by atoms with Gasteiger partial charge in [-0.05, 0) is 19.4 Å². The highest BCUT2D eigenvalue weighted by atomic mass is 35.5. The summed E-state index contributed by atoms with van der Waals surface area (Å²) in [6, 6.07) is 3.34. The van der Waals surface area contributed by atoms with E-state index < -0.39 is 0 Å². The highest BCUT2D eigenvalue weighted by Crippen LogP contribution is 2.37. The first-order valence-corrected chi connectivity index (χ1v) is 6.78. The van der Waals surface area contributed by atoms with E-state index in [0.717, 1.165) is 6.42 Å². The second-order valence-corrected chi connectivity index (χ2v) is 5.32. The van der Waals surface area contributed by atoms with Crippen LogP contribution in [0.5, 0.6) is 11.5 Å². The van der Waals surface area contributed by atoms with Crippen molar-refractivity contribution in [2.75, 3.05) is 19.8 Å². The first-order valence-electron chi connectivity index (χ1n) is 6.40. The minimum atomic E-state index is -0.116. The number of halogens is 1. The van der Waals surface area contributed by atoms with Crippen LogP contribution in [-0.4, -0.2) is 31.7 Å². The van der Waals surface area contributed by atoms with Gasteiger partial charge in [0.25, 0.3) is 0 Å². The fourth-order valence-corrected chi connectivity index (χ4v) is 2.72. The van der Waals surface area contributed by atoms with Crippen LogP contribution in [0.1, 0.15) is 23.7 Å². The Morgan fingerprint density at radius 3 is 2.58 bits per heavy atom. The van der Waals surface area contributed by atoms with E-state index >= 15 is 0 Å². The molecule has 2 heterocycles. The second-order valence-electron chi connectivity index (χ2n) is 4.92. The number of carbonyl (C=O) groups excluding carboxylic acids is 1. The third kappa shape index (κ3) is 2.42. The first kappa shape index (κ1) is 12.8. The summed E-state index contributed by atoms with van der Waals surface area (Å²) in [5, 5.41) is 0.411. The van der Waals surface area contributed by atoms with Gasteiger partial charge in [-0.3, -0.25) is 4.79 Å². The molecule has 1 saturated heterocycles. The smallest absolute Gasteiger partial charge is 0.169 e. The van der Waals surface area contributed by atoms with Crippen molar-refractivity contribution in [3.63, 3.8) is 0 Å². The second kappa shape index (κ2) is 5.02. The van der Waals surface area contributed by atoms with Crippen LogP contribution in [0, 0.1) is 5.92 Å². The van der Waals surface area contributed by atoms with Gasteiger partial charge in [0.2, 0.25) is 0 Å². The van der Waals surface area contributed by atoms with Crippen molar-refractivity contribution >= 4 is 17.4 Å².